The van der Waals surface area contributed by atoms with Gasteiger partial charge in [-0.1, -0.05) is 53.5 Å². The van der Waals surface area contributed by atoms with Crippen LogP contribution in [0.15, 0.2) is 30.3 Å². The van der Waals surface area contributed by atoms with Gasteiger partial charge in [0.15, 0.2) is 11.5 Å². The molecule has 0 aromatic heterocycles. The van der Waals surface area contributed by atoms with E-state index < -0.39 is 0 Å². The molecule has 0 saturated carbocycles. The first-order valence-electron chi connectivity index (χ1n) is 8.69. The first-order chi connectivity index (χ1) is 12.2. The maximum absolute atomic E-state index is 6.07. The van der Waals surface area contributed by atoms with Crippen LogP contribution in [0.3, 0.4) is 0 Å². The van der Waals surface area contributed by atoms with Gasteiger partial charge in [-0.2, -0.15) is 0 Å². The quantitative estimate of drug-likeness (QED) is 0.376. The molecule has 2 aromatic carbocycles. The lowest BCUT2D eigenvalue weighted by molar-refractivity contribution is 0.0570. The molecular weight excluding hydrogens is 384 g/mol. The van der Waals surface area contributed by atoms with Crippen LogP contribution in [-0.4, -0.2) is 38.9 Å². The molecule has 1 atom stereocenters. The largest absolute Gasteiger partial charge is 0.493 e. The van der Waals surface area contributed by atoms with Crippen LogP contribution in [0.25, 0.3) is 10.8 Å². The fourth-order valence-electron chi connectivity index (χ4n) is 2.60. The Morgan fingerprint density at radius 2 is 1.80 bits per heavy atom. The van der Waals surface area contributed by atoms with Gasteiger partial charge >= 0.3 is 0 Å². The molecule has 0 N–H and O–H groups in total. The summed E-state index contributed by atoms with van der Waals surface area (Å²) in [7, 11) is 3.36. The molecule has 5 heteroatoms. The molecule has 4 nitrogen and oxygen atoms in total. The number of unbranched alkanes of at least 4 members (excludes halogenated alkanes) is 1. The summed E-state index contributed by atoms with van der Waals surface area (Å²) in [6.45, 7) is 3.31. The molecule has 0 amide bonds. The molecule has 0 bridgehead atoms. The van der Waals surface area contributed by atoms with Gasteiger partial charge in [-0.05, 0) is 12.8 Å². The minimum Gasteiger partial charge on any atom is -0.493 e. The number of fused-ring (bicyclic) bond motifs is 1. The lowest BCUT2D eigenvalue weighted by Gasteiger charge is -2.19. The van der Waals surface area contributed by atoms with E-state index in [1.54, 1.807) is 14.2 Å². The van der Waals surface area contributed by atoms with E-state index in [9.17, 15) is 0 Å². The third kappa shape index (κ3) is 5.25. The fourth-order valence-corrected chi connectivity index (χ4v) is 3.11. The first kappa shape index (κ1) is 19.9. The summed E-state index contributed by atoms with van der Waals surface area (Å²) in [5.74, 6) is 2.26. The van der Waals surface area contributed by atoms with Gasteiger partial charge in [-0.25, -0.2) is 0 Å². The number of rotatable bonds is 11. The van der Waals surface area contributed by atoms with Crippen LogP contribution in [0, 0.1) is 0 Å². The normalized spacial score (nSPS) is 12.2. The minimum atomic E-state index is 0.0459. The monoisotopic (exact) mass is 410 g/mol. The van der Waals surface area contributed by atoms with E-state index in [2.05, 4.69) is 22.9 Å². The van der Waals surface area contributed by atoms with Gasteiger partial charge in [-0.15, -0.1) is 0 Å². The van der Waals surface area contributed by atoms with Crippen LogP contribution < -0.4 is 14.2 Å². The minimum absolute atomic E-state index is 0.0459. The van der Waals surface area contributed by atoms with Gasteiger partial charge in [-0.3, -0.25) is 0 Å². The number of hydrogen-bond donors (Lipinski definition) is 0. The smallest absolute Gasteiger partial charge is 0.169 e. The Kier molecular flexibility index (Phi) is 8.35. The van der Waals surface area contributed by atoms with Gasteiger partial charge in [0.05, 0.1) is 19.8 Å². The number of halogens is 1. The van der Waals surface area contributed by atoms with E-state index in [0.717, 1.165) is 46.9 Å². The van der Waals surface area contributed by atoms with Crippen molar-refractivity contribution in [3.05, 3.63) is 30.3 Å². The highest BCUT2D eigenvalue weighted by Crippen LogP contribution is 2.41. The van der Waals surface area contributed by atoms with E-state index in [1.807, 2.05) is 30.3 Å². The molecule has 0 heterocycles. The van der Waals surface area contributed by atoms with Crippen molar-refractivity contribution in [1.82, 2.24) is 0 Å². The molecule has 0 aliphatic rings. The summed E-state index contributed by atoms with van der Waals surface area (Å²) in [6, 6.07) is 10.00. The second-order valence-corrected chi connectivity index (χ2v) is 6.59. The third-order valence-corrected chi connectivity index (χ3v) is 4.53. The predicted molar refractivity (Wildman–Crippen MR) is 106 cm³/mol. The van der Waals surface area contributed by atoms with Crippen LogP contribution in [-0.2, 0) is 4.74 Å². The Bertz CT molecular complexity index is 659. The van der Waals surface area contributed by atoms with Crippen molar-refractivity contribution in [1.29, 1.82) is 0 Å². The van der Waals surface area contributed by atoms with Crippen LogP contribution in [0.5, 0.6) is 17.2 Å². The highest BCUT2D eigenvalue weighted by atomic mass is 79.9. The number of benzene rings is 2. The number of methoxy groups -OCH3 is 2. The third-order valence-electron chi connectivity index (χ3n) is 4.08. The zero-order valence-corrected chi connectivity index (χ0v) is 16.8. The van der Waals surface area contributed by atoms with E-state index in [1.165, 1.54) is 0 Å². The summed E-state index contributed by atoms with van der Waals surface area (Å²) in [5.41, 5.74) is 0. The average Bonchev–Trinajstić information content (AvgIpc) is 2.65. The maximum atomic E-state index is 6.07. The number of alkyl halides is 1. The first-order valence-corrected chi connectivity index (χ1v) is 9.81. The highest BCUT2D eigenvalue weighted by Gasteiger charge is 2.16. The molecule has 0 aliphatic carbocycles. The molecule has 0 spiro atoms. The summed E-state index contributed by atoms with van der Waals surface area (Å²) in [5, 5.41) is 2.90. The zero-order chi connectivity index (χ0) is 18.1. The van der Waals surface area contributed by atoms with E-state index in [0.29, 0.717) is 19.0 Å². The van der Waals surface area contributed by atoms with Crippen LogP contribution in [0.4, 0.5) is 0 Å². The summed E-state index contributed by atoms with van der Waals surface area (Å²) in [6.07, 6.45) is 3.04. The highest BCUT2D eigenvalue weighted by molar-refractivity contribution is 9.09. The fraction of sp³-hybridized carbons (Fsp3) is 0.500. The summed E-state index contributed by atoms with van der Waals surface area (Å²) >= 11 is 3.45. The molecule has 2 rings (SSSR count). The van der Waals surface area contributed by atoms with Crippen LogP contribution >= 0.6 is 15.9 Å². The summed E-state index contributed by atoms with van der Waals surface area (Å²) < 4.78 is 23.1. The lowest BCUT2D eigenvalue weighted by atomic mass is 10.1. The van der Waals surface area contributed by atoms with Crippen LogP contribution in [0.2, 0.25) is 0 Å². The second-order valence-electron chi connectivity index (χ2n) is 5.80. The van der Waals surface area contributed by atoms with Crippen molar-refractivity contribution in [2.45, 2.75) is 32.3 Å². The molecular formula is C20H27BrO4. The maximum Gasteiger partial charge on any atom is 0.169 e. The standard InChI is InChI=1S/C20H27BrO4/c1-4-5-12-24-20-17-9-7-6-8-16(17)18(13-19(20)23-3)25-14-15(22-2)10-11-21/h6-9,13,15H,4-5,10-12,14H2,1-3H3. The average molecular weight is 411 g/mol. The molecule has 0 radical (unpaired) electrons. The van der Waals surface area contributed by atoms with Crippen molar-refractivity contribution in [2.24, 2.45) is 0 Å². The number of ether oxygens (including phenoxy) is 4. The number of hydrogen-bond acceptors (Lipinski definition) is 4. The molecule has 0 saturated heterocycles. The van der Waals surface area contributed by atoms with Crippen molar-refractivity contribution in [3.63, 3.8) is 0 Å². The Hall–Kier alpha value is -1.46. The Balaban J connectivity index is 2.33. The summed E-state index contributed by atoms with van der Waals surface area (Å²) in [4.78, 5) is 0. The van der Waals surface area contributed by atoms with Crippen molar-refractivity contribution in [2.75, 3.05) is 32.8 Å². The Morgan fingerprint density at radius 1 is 1.04 bits per heavy atom. The van der Waals surface area contributed by atoms with E-state index >= 15 is 0 Å². The topological polar surface area (TPSA) is 36.9 Å². The van der Waals surface area contributed by atoms with Gasteiger partial charge in [0.25, 0.3) is 0 Å². The van der Waals surface area contributed by atoms with Crippen molar-refractivity contribution < 1.29 is 18.9 Å². The molecule has 138 valence electrons. The van der Waals surface area contributed by atoms with Gasteiger partial charge in [0.2, 0.25) is 0 Å². The van der Waals surface area contributed by atoms with Gasteiger partial charge in [0, 0.05) is 29.3 Å². The van der Waals surface area contributed by atoms with E-state index in [4.69, 9.17) is 18.9 Å². The molecule has 25 heavy (non-hydrogen) atoms. The van der Waals surface area contributed by atoms with E-state index in [-0.39, 0.29) is 6.10 Å². The Labute approximate surface area is 158 Å². The SMILES string of the molecule is CCCCOc1c(OC)cc(OCC(CCBr)OC)c2ccccc12. The molecule has 0 fully saturated rings. The molecule has 0 aliphatic heterocycles. The van der Waals surface area contributed by atoms with Gasteiger partial charge < -0.3 is 18.9 Å². The Morgan fingerprint density at radius 3 is 2.44 bits per heavy atom. The van der Waals surface area contributed by atoms with Crippen molar-refractivity contribution in [3.8, 4) is 17.2 Å². The van der Waals surface area contributed by atoms with Gasteiger partial charge in [0.1, 0.15) is 12.4 Å². The molecule has 1 unspecified atom stereocenters. The zero-order valence-electron chi connectivity index (χ0n) is 15.2. The molecule has 2 aromatic rings. The van der Waals surface area contributed by atoms with Crippen LogP contribution in [0.1, 0.15) is 26.2 Å². The van der Waals surface area contributed by atoms with Crippen molar-refractivity contribution >= 4 is 26.7 Å². The lowest BCUT2D eigenvalue weighted by Crippen LogP contribution is -2.20. The predicted octanol–water partition coefficient (Wildman–Crippen LogP) is 5.21. The second kappa shape index (κ2) is 10.5.